The van der Waals surface area contributed by atoms with E-state index < -0.39 is 33.3 Å². The van der Waals surface area contributed by atoms with Crippen molar-refractivity contribution in [3.63, 3.8) is 0 Å². The van der Waals surface area contributed by atoms with Gasteiger partial charge in [0.1, 0.15) is 0 Å². The molecule has 0 aliphatic rings. The zero-order valence-corrected chi connectivity index (χ0v) is 33.6. The molecule has 0 aromatic rings. The number of carbonyl (C=O) groups excluding carboxylic acids is 1. The van der Waals surface area contributed by atoms with E-state index in [2.05, 4.69) is 78.6 Å². The van der Waals surface area contributed by atoms with Gasteiger partial charge >= 0.3 is 5.97 Å². The van der Waals surface area contributed by atoms with E-state index in [-0.39, 0.29) is 24.3 Å². The first-order valence-electron chi connectivity index (χ1n) is 16.4. The van der Waals surface area contributed by atoms with E-state index >= 15 is 0 Å². The Labute approximate surface area is 259 Å². The predicted octanol–water partition coefficient (Wildman–Crippen LogP) is 9.74. The lowest BCUT2D eigenvalue weighted by Crippen LogP contribution is -2.48. The van der Waals surface area contributed by atoms with Crippen molar-refractivity contribution in [2.75, 3.05) is 13.7 Å². The van der Waals surface area contributed by atoms with E-state index in [0.717, 1.165) is 25.7 Å². The molecule has 0 saturated heterocycles. The Kier molecular flexibility index (Phi) is 20.3. The van der Waals surface area contributed by atoms with Gasteiger partial charge in [-0.15, -0.1) is 0 Å². The standard InChI is InChI=1S/C31H70O6Si4/c1-33-31(32)25-23-21-19-17-15-14-16-18-20-22-24-29(36-40(8,9)10)30(37-41(11,12)13)26-28(35-39(5,6)7)27-34-38(2,3)4/h28-30H,14-27H2,1-13H3. The van der Waals surface area contributed by atoms with Crippen LogP contribution in [0.1, 0.15) is 83.5 Å². The Morgan fingerprint density at radius 1 is 0.537 bits per heavy atom. The van der Waals surface area contributed by atoms with Crippen molar-refractivity contribution < 1.29 is 27.2 Å². The number of hydrogen-bond acceptors (Lipinski definition) is 6. The molecule has 3 unspecified atom stereocenters. The van der Waals surface area contributed by atoms with E-state index in [9.17, 15) is 4.79 Å². The Balaban J connectivity index is 5.02. The van der Waals surface area contributed by atoms with E-state index in [0.29, 0.717) is 13.0 Å². The van der Waals surface area contributed by atoms with Crippen LogP contribution in [0.25, 0.3) is 0 Å². The summed E-state index contributed by atoms with van der Waals surface area (Å²) < 4.78 is 31.5. The Morgan fingerprint density at radius 2 is 0.951 bits per heavy atom. The molecule has 0 aliphatic heterocycles. The van der Waals surface area contributed by atoms with Gasteiger partial charge in [-0.3, -0.25) is 4.79 Å². The number of rotatable bonds is 25. The lowest BCUT2D eigenvalue weighted by Gasteiger charge is -2.39. The van der Waals surface area contributed by atoms with Gasteiger partial charge in [0, 0.05) is 12.8 Å². The van der Waals surface area contributed by atoms with Gasteiger partial charge in [0.05, 0.1) is 32.0 Å². The summed E-state index contributed by atoms with van der Waals surface area (Å²) in [6.07, 6.45) is 14.8. The number of carbonyl (C=O) groups is 1. The minimum atomic E-state index is -1.80. The van der Waals surface area contributed by atoms with E-state index in [1.807, 2.05) is 0 Å². The predicted molar refractivity (Wildman–Crippen MR) is 186 cm³/mol. The fourth-order valence-electron chi connectivity index (χ4n) is 4.89. The lowest BCUT2D eigenvalue weighted by molar-refractivity contribution is -0.140. The van der Waals surface area contributed by atoms with Crippen LogP contribution in [0.15, 0.2) is 0 Å². The minimum absolute atomic E-state index is 0.0409. The Morgan fingerprint density at radius 3 is 1.37 bits per heavy atom. The second kappa shape index (κ2) is 20.3. The average molecular weight is 651 g/mol. The molecule has 246 valence electrons. The topological polar surface area (TPSA) is 63.2 Å². The highest BCUT2D eigenvalue weighted by molar-refractivity contribution is 6.71. The highest BCUT2D eigenvalue weighted by Crippen LogP contribution is 2.27. The van der Waals surface area contributed by atoms with Gasteiger partial charge in [-0.05, 0) is 91.4 Å². The van der Waals surface area contributed by atoms with Crippen molar-refractivity contribution in [1.82, 2.24) is 0 Å². The fraction of sp³-hybridized carbons (Fsp3) is 0.968. The first-order chi connectivity index (χ1) is 18.7. The number of unbranched alkanes of at least 4 members (excludes halogenated alkanes) is 9. The summed E-state index contributed by atoms with van der Waals surface area (Å²) in [5.41, 5.74) is 0. The lowest BCUT2D eigenvalue weighted by atomic mass is 10.00. The van der Waals surface area contributed by atoms with Crippen LogP contribution in [0.5, 0.6) is 0 Å². The number of esters is 1. The van der Waals surface area contributed by atoms with Gasteiger partial charge in [0.2, 0.25) is 0 Å². The molecule has 0 saturated carbocycles. The molecule has 0 heterocycles. The van der Waals surface area contributed by atoms with E-state index in [4.69, 9.17) is 22.4 Å². The summed E-state index contributed by atoms with van der Waals surface area (Å²) in [5.74, 6) is -0.0865. The number of methoxy groups -OCH3 is 1. The van der Waals surface area contributed by atoms with Gasteiger partial charge in [-0.1, -0.05) is 57.8 Å². The normalized spacial score (nSPS) is 15.5. The zero-order valence-electron chi connectivity index (χ0n) is 29.6. The third-order valence-corrected chi connectivity index (χ3v) is 10.6. The summed E-state index contributed by atoms with van der Waals surface area (Å²) in [5, 5.41) is 0. The van der Waals surface area contributed by atoms with Gasteiger partial charge in [0.15, 0.2) is 33.3 Å². The largest absolute Gasteiger partial charge is 0.469 e. The van der Waals surface area contributed by atoms with Crippen molar-refractivity contribution >= 4 is 39.2 Å². The molecule has 10 heteroatoms. The fourth-order valence-corrected chi connectivity index (χ4v) is 9.07. The molecular formula is C31H70O6Si4. The molecule has 3 atom stereocenters. The van der Waals surface area contributed by atoms with Gasteiger partial charge in [0.25, 0.3) is 0 Å². The monoisotopic (exact) mass is 650 g/mol. The van der Waals surface area contributed by atoms with Gasteiger partial charge in [-0.2, -0.15) is 0 Å². The van der Waals surface area contributed by atoms with Crippen molar-refractivity contribution in [3.05, 3.63) is 0 Å². The van der Waals surface area contributed by atoms with Gasteiger partial charge in [-0.25, -0.2) is 0 Å². The summed E-state index contributed by atoms with van der Waals surface area (Å²) in [4.78, 5) is 11.2. The molecule has 0 aromatic heterocycles. The van der Waals surface area contributed by atoms with E-state index in [1.54, 1.807) is 0 Å². The van der Waals surface area contributed by atoms with Crippen LogP contribution in [0, 0.1) is 0 Å². The van der Waals surface area contributed by atoms with Crippen molar-refractivity contribution in [2.45, 2.75) is 180 Å². The average Bonchev–Trinajstić information content (AvgIpc) is 2.78. The first-order valence-corrected chi connectivity index (χ1v) is 30.1. The van der Waals surface area contributed by atoms with E-state index in [1.165, 1.54) is 58.5 Å². The van der Waals surface area contributed by atoms with Crippen LogP contribution < -0.4 is 0 Å². The van der Waals surface area contributed by atoms with Crippen LogP contribution in [-0.4, -0.2) is 71.3 Å². The maximum absolute atomic E-state index is 11.2. The second-order valence-electron chi connectivity index (χ2n) is 15.7. The summed E-state index contributed by atoms with van der Waals surface area (Å²) in [6.45, 7) is 28.0. The maximum Gasteiger partial charge on any atom is 0.305 e. The molecule has 6 nitrogen and oxygen atoms in total. The van der Waals surface area contributed by atoms with Crippen LogP contribution in [0.3, 0.4) is 0 Å². The molecule has 0 aliphatic carbocycles. The smallest absolute Gasteiger partial charge is 0.305 e. The Hall–Kier alpha value is 0.178. The third kappa shape index (κ3) is 27.5. The highest BCUT2D eigenvalue weighted by atomic mass is 28.4. The summed E-state index contributed by atoms with van der Waals surface area (Å²) in [6, 6.07) is 0. The molecule has 0 spiro atoms. The van der Waals surface area contributed by atoms with Crippen LogP contribution in [0.4, 0.5) is 0 Å². The molecule has 41 heavy (non-hydrogen) atoms. The SMILES string of the molecule is COC(=O)CCCCCCCCCCCCC(O[Si](C)(C)C)C(CC(CO[Si](C)(C)C)O[Si](C)(C)C)O[Si](C)(C)C. The second-order valence-corrected chi connectivity index (χ2v) is 33.6. The van der Waals surface area contributed by atoms with Gasteiger partial charge < -0.3 is 22.4 Å². The minimum Gasteiger partial charge on any atom is -0.469 e. The molecule has 0 N–H and O–H groups in total. The van der Waals surface area contributed by atoms with Crippen LogP contribution in [-0.2, 0) is 27.2 Å². The first kappa shape index (κ1) is 41.2. The molecule has 0 rings (SSSR count). The molecule has 0 radical (unpaired) electrons. The highest BCUT2D eigenvalue weighted by Gasteiger charge is 2.35. The molecular weight excluding hydrogens is 581 g/mol. The van der Waals surface area contributed by atoms with Crippen molar-refractivity contribution in [1.29, 1.82) is 0 Å². The molecule has 0 fully saturated rings. The van der Waals surface area contributed by atoms with Crippen molar-refractivity contribution in [3.8, 4) is 0 Å². The quantitative estimate of drug-likeness (QED) is 0.0557. The summed E-state index contributed by atoms with van der Waals surface area (Å²) in [7, 11) is -5.49. The third-order valence-electron chi connectivity index (χ3n) is 6.49. The molecule has 0 bridgehead atoms. The summed E-state index contributed by atoms with van der Waals surface area (Å²) >= 11 is 0. The Bertz CT molecular complexity index is 680. The molecule has 0 amide bonds. The zero-order chi connectivity index (χ0) is 31.7. The maximum atomic E-state index is 11.2. The van der Waals surface area contributed by atoms with Crippen LogP contribution in [0.2, 0.25) is 78.6 Å². The van der Waals surface area contributed by atoms with Crippen LogP contribution >= 0.6 is 0 Å². The van der Waals surface area contributed by atoms with Crippen molar-refractivity contribution in [2.24, 2.45) is 0 Å². The molecule has 0 aromatic carbocycles. The number of hydrogen-bond donors (Lipinski definition) is 0. The number of ether oxygens (including phenoxy) is 1.